The van der Waals surface area contributed by atoms with E-state index >= 15 is 0 Å². The summed E-state index contributed by atoms with van der Waals surface area (Å²) in [5, 5.41) is 0.751. The lowest BCUT2D eigenvalue weighted by molar-refractivity contribution is -0.141. The van der Waals surface area contributed by atoms with Gasteiger partial charge in [-0.05, 0) is 15.9 Å². The number of nitrogens with zero attached hydrogens (tertiary/aromatic N) is 1. The van der Waals surface area contributed by atoms with Crippen molar-refractivity contribution in [1.82, 2.24) is 4.98 Å². The zero-order valence-electron chi connectivity index (χ0n) is 5.45. The van der Waals surface area contributed by atoms with Crippen LogP contribution < -0.4 is 0 Å². The van der Waals surface area contributed by atoms with Crippen molar-refractivity contribution >= 4 is 43.2 Å². The van der Waals surface area contributed by atoms with Gasteiger partial charge in [0.2, 0.25) is 0 Å². The Morgan fingerprint density at radius 3 is 2.25 bits per heavy atom. The number of rotatable bonds is 1. The average molecular weight is 325 g/mol. The Hall–Kier alpha value is 0.380. The molecule has 1 aromatic heterocycles. The normalized spacial score (nSPS) is 12.1. The minimum Gasteiger partial charge on any atom is -0.235 e. The maximum atomic E-state index is 12.1. The van der Waals surface area contributed by atoms with Crippen molar-refractivity contribution < 1.29 is 13.2 Å². The summed E-state index contributed by atoms with van der Waals surface area (Å²) in [4.78, 5) is 3.40. The summed E-state index contributed by atoms with van der Waals surface area (Å²) in [6, 6.07) is 0. The molecule has 68 valence electrons. The van der Waals surface area contributed by atoms with Gasteiger partial charge in [0.1, 0.15) is 8.79 Å². The van der Waals surface area contributed by atoms with E-state index < -0.39 is 11.9 Å². The maximum absolute atomic E-state index is 12.1. The van der Waals surface area contributed by atoms with E-state index in [-0.39, 0.29) is 3.79 Å². The van der Waals surface area contributed by atoms with E-state index in [1.807, 2.05) is 0 Å². The smallest absolute Gasteiger partial charge is 0.235 e. The fraction of sp³-hybridized carbons (Fsp3) is 0.400. The van der Waals surface area contributed by atoms with Crippen molar-refractivity contribution in [3.05, 3.63) is 14.5 Å². The third-order valence-electron chi connectivity index (χ3n) is 1.01. The highest BCUT2D eigenvalue weighted by Crippen LogP contribution is 2.37. The van der Waals surface area contributed by atoms with E-state index in [0.717, 1.165) is 11.3 Å². The van der Waals surface area contributed by atoms with Crippen LogP contribution in [0.2, 0.25) is 0 Å². The first-order valence-corrected chi connectivity index (χ1v) is 5.46. The van der Waals surface area contributed by atoms with Gasteiger partial charge in [0, 0.05) is 0 Å². The van der Waals surface area contributed by atoms with E-state index in [1.165, 1.54) is 0 Å². The molecule has 0 fully saturated rings. The van der Waals surface area contributed by atoms with Crippen LogP contribution in [-0.2, 0) is 11.5 Å². The van der Waals surface area contributed by atoms with Crippen LogP contribution in [0.15, 0.2) is 3.79 Å². The third-order valence-corrected chi connectivity index (χ3v) is 3.62. The molecule has 0 aliphatic rings. The molecule has 0 aromatic carbocycles. The predicted molar refractivity (Wildman–Crippen MR) is 47.4 cm³/mol. The highest BCUT2D eigenvalue weighted by atomic mass is 79.9. The molecule has 1 nitrogen and oxygen atoms in total. The molecule has 0 spiro atoms. The second-order valence-corrected chi connectivity index (χ2v) is 4.82. The van der Waals surface area contributed by atoms with Gasteiger partial charge in [-0.3, -0.25) is 0 Å². The molecular weight excluding hydrogens is 323 g/mol. The zero-order chi connectivity index (χ0) is 9.35. The van der Waals surface area contributed by atoms with Gasteiger partial charge in [-0.15, -0.1) is 11.3 Å². The SMILES string of the molecule is FC(F)(F)c1nc(CBr)sc1Br. The van der Waals surface area contributed by atoms with Gasteiger partial charge in [0.15, 0.2) is 5.69 Å². The summed E-state index contributed by atoms with van der Waals surface area (Å²) >= 11 is 6.82. The second-order valence-electron chi connectivity index (χ2n) is 1.86. The lowest BCUT2D eigenvalue weighted by Gasteiger charge is -2.00. The molecule has 1 heterocycles. The van der Waals surface area contributed by atoms with Crippen LogP contribution in [0.4, 0.5) is 13.2 Å². The van der Waals surface area contributed by atoms with Gasteiger partial charge in [0.05, 0.1) is 5.33 Å². The maximum Gasteiger partial charge on any atom is 0.435 e. The Kier molecular flexibility index (Phi) is 3.16. The number of thiazole rings is 1. The third kappa shape index (κ3) is 2.20. The molecular formula is C5H2Br2F3NS. The average Bonchev–Trinajstić information content (AvgIpc) is 2.29. The number of aromatic nitrogens is 1. The highest BCUT2D eigenvalue weighted by Gasteiger charge is 2.36. The fourth-order valence-electron chi connectivity index (χ4n) is 0.575. The van der Waals surface area contributed by atoms with E-state index in [2.05, 4.69) is 36.8 Å². The number of hydrogen-bond donors (Lipinski definition) is 0. The summed E-state index contributed by atoms with van der Waals surface area (Å²) in [6.45, 7) is 0. The molecule has 0 saturated carbocycles. The van der Waals surface area contributed by atoms with Crippen LogP contribution in [-0.4, -0.2) is 4.98 Å². The van der Waals surface area contributed by atoms with Crippen molar-refractivity contribution in [1.29, 1.82) is 0 Å². The van der Waals surface area contributed by atoms with Gasteiger partial charge in [-0.25, -0.2) is 4.98 Å². The molecule has 0 aliphatic heterocycles. The minimum absolute atomic E-state index is 0.0319. The summed E-state index contributed by atoms with van der Waals surface area (Å²) in [5.74, 6) is 0. The molecule has 1 rings (SSSR count). The molecule has 0 radical (unpaired) electrons. The quantitative estimate of drug-likeness (QED) is 0.716. The molecule has 0 aliphatic carbocycles. The molecule has 1 aromatic rings. The van der Waals surface area contributed by atoms with Gasteiger partial charge < -0.3 is 0 Å². The molecule has 0 saturated heterocycles. The van der Waals surface area contributed by atoms with E-state index in [4.69, 9.17) is 0 Å². The van der Waals surface area contributed by atoms with E-state index in [1.54, 1.807) is 0 Å². The van der Waals surface area contributed by atoms with Crippen LogP contribution in [0.25, 0.3) is 0 Å². The Labute approximate surface area is 87.3 Å². The second kappa shape index (κ2) is 3.63. The van der Waals surface area contributed by atoms with Gasteiger partial charge in [-0.2, -0.15) is 13.2 Å². The van der Waals surface area contributed by atoms with E-state index in [9.17, 15) is 13.2 Å². The Bertz CT molecular complexity index is 283. The monoisotopic (exact) mass is 323 g/mol. The molecule has 0 atom stereocenters. The summed E-state index contributed by atoms with van der Waals surface area (Å²) in [5.41, 5.74) is -0.845. The van der Waals surface area contributed by atoms with Gasteiger partial charge in [-0.1, -0.05) is 15.9 Å². The van der Waals surface area contributed by atoms with Crippen LogP contribution in [0.5, 0.6) is 0 Å². The van der Waals surface area contributed by atoms with Gasteiger partial charge >= 0.3 is 6.18 Å². The van der Waals surface area contributed by atoms with Gasteiger partial charge in [0.25, 0.3) is 0 Å². The molecule has 7 heteroatoms. The zero-order valence-corrected chi connectivity index (χ0v) is 9.44. The van der Waals surface area contributed by atoms with Crippen LogP contribution >= 0.6 is 43.2 Å². The first-order chi connectivity index (χ1) is 5.45. The first kappa shape index (κ1) is 10.5. The van der Waals surface area contributed by atoms with Crippen molar-refractivity contribution in [3.8, 4) is 0 Å². The van der Waals surface area contributed by atoms with Crippen molar-refractivity contribution in [3.63, 3.8) is 0 Å². The summed E-state index contributed by atoms with van der Waals surface area (Å²) in [6.07, 6.45) is -4.37. The van der Waals surface area contributed by atoms with Crippen LogP contribution in [0.1, 0.15) is 10.7 Å². The van der Waals surface area contributed by atoms with Crippen molar-refractivity contribution in [2.75, 3.05) is 0 Å². The summed E-state index contributed by atoms with van der Waals surface area (Å²) < 4.78 is 36.3. The Morgan fingerprint density at radius 2 is 2.00 bits per heavy atom. The Balaban J connectivity index is 3.08. The fourth-order valence-corrected chi connectivity index (χ4v) is 2.57. The van der Waals surface area contributed by atoms with E-state index in [0.29, 0.717) is 10.3 Å². The minimum atomic E-state index is -4.37. The number of halogens is 5. The predicted octanol–water partition coefficient (Wildman–Crippen LogP) is 3.82. The molecule has 0 N–H and O–H groups in total. The largest absolute Gasteiger partial charge is 0.435 e. The molecule has 0 amide bonds. The number of alkyl halides is 4. The first-order valence-electron chi connectivity index (χ1n) is 2.73. The van der Waals surface area contributed by atoms with Crippen LogP contribution in [0.3, 0.4) is 0 Å². The lowest BCUT2D eigenvalue weighted by atomic mass is 10.5. The molecule has 0 bridgehead atoms. The Morgan fingerprint density at radius 1 is 1.42 bits per heavy atom. The van der Waals surface area contributed by atoms with Crippen molar-refractivity contribution in [2.45, 2.75) is 11.5 Å². The standard InChI is InChI=1S/C5H2Br2F3NS/c6-1-2-11-3(4(7)12-2)5(8,9)10/h1H2. The topological polar surface area (TPSA) is 12.9 Å². The highest BCUT2D eigenvalue weighted by molar-refractivity contribution is 9.11. The van der Waals surface area contributed by atoms with Crippen LogP contribution in [0, 0.1) is 0 Å². The number of hydrogen-bond acceptors (Lipinski definition) is 2. The molecule has 12 heavy (non-hydrogen) atoms. The lowest BCUT2D eigenvalue weighted by Crippen LogP contribution is -2.06. The molecule has 0 unspecified atom stereocenters. The summed E-state index contributed by atoms with van der Waals surface area (Å²) in [7, 11) is 0. The van der Waals surface area contributed by atoms with Crippen molar-refractivity contribution in [2.24, 2.45) is 0 Å².